The molecule has 3 aromatic carbocycles. The molecule has 1 aliphatic heterocycles. The van der Waals surface area contributed by atoms with Crippen molar-refractivity contribution in [3.8, 4) is 0 Å². The monoisotopic (exact) mass is 1030 g/mol. The van der Waals surface area contributed by atoms with Gasteiger partial charge in [0.2, 0.25) is 47.3 Å². The number of aliphatic imine (C=N–C) groups is 1. The molecule has 4 aromatic rings. The first-order chi connectivity index (χ1) is 36.0. The second-order valence-corrected chi connectivity index (χ2v) is 18.5. The molecule has 8 amide bonds. The van der Waals surface area contributed by atoms with Gasteiger partial charge in [-0.3, -0.25) is 43.3 Å². The molecule has 22 heteroatoms. The lowest BCUT2D eigenvalue weighted by Gasteiger charge is -2.28. The SMILES string of the molecule is CCCC[C@H](NC(C)=O)C(=O)N[C@H]1CC(=O)NCCCC[C@@H](C(=O)O)NC(=O)[C@H](Cc2c[nH]c3ccccc23)NC(=O)[C@H](CCCN=C(N)N)NC(=O)[C@@H](Cc2ccccc2)NC(=O)[C@H](Cc2ccccc2)NC1=O. The number of unbranched alkanes of at least 4 members (excludes halogenated alkanes) is 1. The number of rotatable bonds is 17. The van der Waals surface area contributed by atoms with E-state index in [-0.39, 0.29) is 76.8 Å². The Morgan fingerprint density at radius 2 is 1.27 bits per heavy atom. The van der Waals surface area contributed by atoms with Gasteiger partial charge in [0, 0.05) is 56.4 Å². The van der Waals surface area contributed by atoms with Crippen LogP contribution in [0.3, 0.4) is 0 Å². The predicted octanol–water partition coefficient (Wildman–Crippen LogP) is 0.628. The minimum Gasteiger partial charge on any atom is -0.480 e. The molecule has 1 saturated heterocycles. The number of nitrogens with one attached hydrogen (secondary N) is 9. The molecule has 7 atom stereocenters. The van der Waals surface area contributed by atoms with Crippen molar-refractivity contribution in [3.05, 3.63) is 108 Å². The van der Waals surface area contributed by atoms with Gasteiger partial charge < -0.3 is 64.1 Å². The fourth-order valence-corrected chi connectivity index (χ4v) is 8.60. The Bertz CT molecular complexity index is 2620. The van der Waals surface area contributed by atoms with Gasteiger partial charge in [0.15, 0.2) is 5.96 Å². The van der Waals surface area contributed by atoms with Crippen LogP contribution in [0.1, 0.15) is 88.3 Å². The molecule has 0 unspecified atom stereocenters. The second kappa shape index (κ2) is 29.4. The molecule has 402 valence electrons. The number of para-hydroxylation sites is 1. The quantitative estimate of drug-likeness (QED) is 0.0394. The number of hydrogen-bond acceptors (Lipinski definition) is 10. The van der Waals surface area contributed by atoms with Crippen LogP contribution in [0.25, 0.3) is 10.9 Å². The van der Waals surface area contributed by atoms with Gasteiger partial charge in [-0.1, -0.05) is 98.6 Å². The summed E-state index contributed by atoms with van der Waals surface area (Å²) in [5.41, 5.74) is 13.8. The van der Waals surface area contributed by atoms with E-state index in [1.165, 1.54) is 6.92 Å². The molecule has 0 aliphatic carbocycles. The van der Waals surface area contributed by atoms with Gasteiger partial charge in [-0.15, -0.1) is 0 Å². The summed E-state index contributed by atoms with van der Waals surface area (Å²) in [5.74, 6) is -7.66. The summed E-state index contributed by atoms with van der Waals surface area (Å²) >= 11 is 0. The van der Waals surface area contributed by atoms with E-state index < -0.39 is 102 Å². The van der Waals surface area contributed by atoms with Crippen LogP contribution in [0.4, 0.5) is 0 Å². The van der Waals surface area contributed by atoms with Crippen molar-refractivity contribution in [1.29, 1.82) is 0 Å². The zero-order chi connectivity index (χ0) is 54.3. The first-order valence-corrected chi connectivity index (χ1v) is 25.3. The van der Waals surface area contributed by atoms with E-state index in [4.69, 9.17) is 11.5 Å². The number of benzene rings is 3. The van der Waals surface area contributed by atoms with E-state index in [0.29, 0.717) is 29.5 Å². The molecule has 2 heterocycles. The average Bonchev–Trinajstić information content (AvgIpc) is 3.79. The molecule has 5 rings (SSSR count). The lowest BCUT2D eigenvalue weighted by molar-refractivity contribution is -0.142. The van der Waals surface area contributed by atoms with Crippen LogP contribution in [0.5, 0.6) is 0 Å². The molecule has 0 spiro atoms. The van der Waals surface area contributed by atoms with Crippen LogP contribution in [-0.4, -0.2) is 125 Å². The Morgan fingerprint density at radius 3 is 1.87 bits per heavy atom. The summed E-state index contributed by atoms with van der Waals surface area (Å²) in [6.45, 7) is 3.22. The maximum atomic E-state index is 14.7. The van der Waals surface area contributed by atoms with Crippen LogP contribution in [-0.2, 0) is 62.4 Å². The molecule has 14 N–H and O–H groups in total. The van der Waals surface area contributed by atoms with Crippen molar-refractivity contribution in [3.63, 3.8) is 0 Å². The third-order valence-electron chi connectivity index (χ3n) is 12.6. The van der Waals surface area contributed by atoms with E-state index in [9.17, 15) is 48.3 Å². The number of hydrogen-bond donors (Lipinski definition) is 12. The van der Waals surface area contributed by atoms with E-state index in [1.54, 1.807) is 66.9 Å². The van der Waals surface area contributed by atoms with Crippen molar-refractivity contribution in [2.45, 2.75) is 133 Å². The molecule has 1 aliphatic rings. The number of amides is 8. The Kier molecular flexibility index (Phi) is 22.6. The Morgan fingerprint density at radius 1 is 0.707 bits per heavy atom. The second-order valence-electron chi connectivity index (χ2n) is 18.5. The minimum absolute atomic E-state index is 0.0130. The number of nitrogens with two attached hydrogens (primary N) is 2. The molecule has 0 radical (unpaired) electrons. The largest absolute Gasteiger partial charge is 0.480 e. The number of carbonyl (C=O) groups excluding carboxylic acids is 8. The third-order valence-corrected chi connectivity index (χ3v) is 12.6. The van der Waals surface area contributed by atoms with E-state index in [0.717, 1.165) is 10.9 Å². The molecule has 75 heavy (non-hydrogen) atoms. The number of nitrogens with zero attached hydrogens (tertiary/aromatic N) is 1. The first kappa shape index (κ1) is 57.6. The van der Waals surface area contributed by atoms with Gasteiger partial charge in [-0.2, -0.15) is 0 Å². The van der Waals surface area contributed by atoms with Crippen molar-refractivity contribution in [2.24, 2.45) is 16.5 Å². The maximum absolute atomic E-state index is 14.7. The van der Waals surface area contributed by atoms with Crippen LogP contribution in [0.15, 0.2) is 96.1 Å². The van der Waals surface area contributed by atoms with E-state index in [1.807, 2.05) is 31.2 Å². The van der Waals surface area contributed by atoms with Gasteiger partial charge in [0.1, 0.15) is 42.3 Å². The highest BCUT2D eigenvalue weighted by Gasteiger charge is 2.35. The molecule has 0 bridgehead atoms. The number of guanidine groups is 1. The third kappa shape index (κ3) is 18.9. The summed E-state index contributed by atoms with van der Waals surface area (Å²) in [5, 5.41) is 32.6. The Balaban J connectivity index is 1.56. The highest BCUT2D eigenvalue weighted by Crippen LogP contribution is 2.20. The number of aromatic amines is 1. The standard InChI is InChI=1S/C53H70N12O10/c1-3-4-21-38(59-32(2)66)46(68)65-44-30-45(67)56-25-14-13-23-40(52(74)75)61-50(72)43(29-35-31-58-37-22-12-11-20-36(35)37)64-47(69)39(24-15-26-57-53(54)55)60-48(70)41(27-33-16-7-5-8-17-33)62-49(71)42(63-51(44)73)28-34-18-9-6-10-19-34/h5-12,16-20,22,31,38-44,58H,3-4,13-15,21,23-30H2,1-2H3,(H,56,67)(H,59,66)(H,60,70)(H,61,72)(H,62,71)(H,63,73)(H,64,69)(H,65,68)(H,74,75)(H4,54,55,57)/t38-,39-,40-,41+,42-,43-,44-/m0/s1. The fraction of sp³-hybridized carbons (Fsp3) is 0.434. The number of carboxylic acid groups (broad SMARTS) is 1. The number of aliphatic carboxylic acids is 1. The van der Waals surface area contributed by atoms with Gasteiger partial charge in [0.05, 0.1) is 6.42 Å². The van der Waals surface area contributed by atoms with Crippen molar-refractivity contribution < 1.29 is 48.3 Å². The van der Waals surface area contributed by atoms with Crippen molar-refractivity contribution in [1.82, 2.24) is 47.5 Å². The number of fused-ring (bicyclic) bond motifs is 1. The number of carbonyl (C=O) groups is 9. The number of aromatic nitrogens is 1. The minimum atomic E-state index is -1.58. The van der Waals surface area contributed by atoms with Crippen LogP contribution < -0.4 is 54.0 Å². The number of carboxylic acids is 1. The zero-order valence-corrected chi connectivity index (χ0v) is 42.3. The van der Waals surface area contributed by atoms with Crippen LogP contribution in [0, 0.1) is 0 Å². The molecule has 22 nitrogen and oxygen atoms in total. The Hall–Kier alpha value is -8.30. The molecule has 1 fully saturated rings. The van der Waals surface area contributed by atoms with Gasteiger partial charge in [0.25, 0.3) is 0 Å². The van der Waals surface area contributed by atoms with E-state index in [2.05, 4.69) is 52.5 Å². The average molecular weight is 1040 g/mol. The van der Waals surface area contributed by atoms with E-state index >= 15 is 0 Å². The van der Waals surface area contributed by atoms with Crippen LogP contribution >= 0.6 is 0 Å². The maximum Gasteiger partial charge on any atom is 0.326 e. The summed E-state index contributed by atoms with van der Waals surface area (Å²) in [4.78, 5) is 132. The topological polar surface area (TPSA) is 350 Å². The van der Waals surface area contributed by atoms with Crippen molar-refractivity contribution in [2.75, 3.05) is 13.1 Å². The van der Waals surface area contributed by atoms with Gasteiger partial charge in [-0.25, -0.2) is 4.79 Å². The lowest BCUT2D eigenvalue weighted by atomic mass is 10.0. The summed E-state index contributed by atoms with van der Waals surface area (Å²) in [6.07, 6.45) is 2.69. The van der Waals surface area contributed by atoms with Crippen molar-refractivity contribution >= 4 is 70.1 Å². The molecular weight excluding hydrogens is 965 g/mol. The Labute approximate surface area is 435 Å². The highest BCUT2D eigenvalue weighted by molar-refractivity contribution is 5.99. The highest BCUT2D eigenvalue weighted by atomic mass is 16.4. The lowest BCUT2D eigenvalue weighted by Crippen LogP contribution is -2.61. The zero-order valence-electron chi connectivity index (χ0n) is 42.3. The summed E-state index contributed by atoms with van der Waals surface area (Å²) < 4.78 is 0. The van der Waals surface area contributed by atoms with Gasteiger partial charge >= 0.3 is 5.97 Å². The number of H-pyrrole nitrogens is 1. The molecule has 0 saturated carbocycles. The molecular formula is C53H70N12O10. The van der Waals surface area contributed by atoms with Gasteiger partial charge in [-0.05, 0) is 61.3 Å². The summed E-state index contributed by atoms with van der Waals surface area (Å²) in [6, 6.07) is 15.1. The summed E-state index contributed by atoms with van der Waals surface area (Å²) in [7, 11) is 0. The predicted molar refractivity (Wildman–Crippen MR) is 280 cm³/mol. The first-order valence-electron chi connectivity index (χ1n) is 25.3. The smallest absolute Gasteiger partial charge is 0.326 e. The fourth-order valence-electron chi connectivity index (χ4n) is 8.60. The molecule has 1 aromatic heterocycles. The normalized spacial score (nSPS) is 21.1. The van der Waals surface area contributed by atoms with Crippen LogP contribution in [0.2, 0.25) is 0 Å².